The molecule has 3 aliphatic rings. The van der Waals surface area contributed by atoms with Gasteiger partial charge in [0.15, 0.2) is 23.4 Å². The van der Waals surface area contributed by atoms with Crippen molar-refractivity contribution in [3.63, 3.8) is 0 Å². The Kier molecular flexibility index (Phi) is 3.85. The Morgan fingerprint density at radius 3 is 2.24 bits per heavy atom. The molecule has 4 nitrogen and oxygen atoms in total. The van der Waals surface area contributed by atoms with Crippen molar-refractivity contribution in [1.29, 1.82) is 0 Å². The Bertz CT molecular complexity index is 1870. The second kappa shape index (κ2) is 6.95. The summed E-state index contributed by atoms with van der Waals surface area (Å²) in [5.41, 5.74) is 6.35. The molecule has 0 amide bonds. The van der Waals surface area contributed by atoms with Crippen LogP contribution in [0.4, 0.5) is 0 Å². The number of hydrogen-bond acceptors (Lipinski definition) is 4. The van der Waals surface area contributed by atoms with E-state index < -0.39 is 0 Å². The summed E-state index contributed by atoms with van der Waals surface area (Å²) in [7, 11) is 0. The fourth-order valence-corrected chi connectivity index (χ4v) is 6.13. The molecular weight excluding hydrogens is 460 g/mol. The molecule has 5 aromatic rings. The number of carbonyl (C=O) groups is 2. The molecule has 4 aromatic carbocycles. The van der Waals surface area contributed by atoms with Crippen LogP contribution in [0.15, 0.2) is 95.4 Å². The second-order valence-corrected chi connectivity index (χ2v) is 10.2. The van der Waals surface area contributed by atoms with Gasteiger partial charge in [0, 0.05) is 38.8 Å². The molecule has 2 aliphatic carbocycles. The largest absolute Gasteiger partial charge is 0.481 e. The van der Waals surface area contributed by atoms with Crippen LogP contribution < -0.4 is 4.74 Å². The van der Waals surface area contributed by atoms with Crippen molar-refractivity contribution in [3.05, 3.63) is 130 Å². The van der Waals surface area contributed by atoms with Gasteiger partial charge in [0.25, 0.3) is 0 Å². The van der Waals surface area contributed by atoms with E-state index in [0.717, 1.165) is 44.7 Å². The molecule has 4 heteroatoms. The maximum atomic E-state index is 13.2. The quantitative estimate of drug-likeness (QED) is 0.248. The number of furan rings is 1. The maximum Gasteiger partial charge on any atom is 0.194 e. The smallest absolute Gasteiger partial charge is 0.194 e. The first kappa shape index (κ1) is 20.5. The third-order valence-electron chi connectivity index (χ3n) is 8.10. The van der Waals surface area contributed by atoms with Gasteiger partial charge >= 0.3 is 0 Å². The van der Waals surface area contributed by atoms with Gasteiger partial charge in [0.05, 0.1) is 5.41 Å². The van der Waals surface area contributed by atoms with Gasteiger partial charge in [-0.3, -0.25) is 9.59 Å². The molecule has 0 bridgehead atoms. The lowest BCUT2D eigenvalue weighted by atomic mass is 9.74. The lowest BCUT2D eigenvalue weighted by Crippen LogP contribution is -2.28. The predicted molar refractivity (Wildman–Crippen MR) is 141 cm³/mol. The predicted octanol–water partition coefficient (Wildman–Crippen LogP) is 7.29. The molecule has 2 atom stereocenters. The molecule has 1 aliphatic heterocycles. The van der Waals surface area contributed by atoms with Crippen molar-refractivity contribution >= 4 is 28.6 Å². The van der Waals surface area contributed by atoms with Gasteiger partial charge in [-0.15, -0.1) is 0 Å². The van der Waals surface area contributed by atoms with Crippen LogP contribution >= 0.6 is 0 Å². The van der Waals surface area contributed by atoms with E-state index in [1.165, 1.54) is 0 Å². The third kappa shape index (κ3) is 2.62. The Hall–Kier alpha value is -4.70. The van der Waals surface area contributed by atoms with Crippen LogP contribution in [0.3, 0.4) is 0 Å². The van der Waals surface area contributed by atoms with E-state index in [1.807, 2.05) is 42.5 Å². The van der Waals surface area contributed by atoms with Crippen molar-refractivity contribution in [2.24, 2.45) is 0 Å². The Labute approximate surface area is 212 Å². The number of hydrogen-bond donors (Lipinski definition) is 0. The van der Waals surface area contributed by atoms with Gasteiger partial charge in [0.1, 0.15) is 11.3 Å². The first-order valence-corrected chi connectivity index (χ1v) is 12.4. The molecule has 2 unspecified atom stereocenters. The van der Waals surface area contributed by atoms with E-state index in [2.05, 4.69) is 31.2 Å². The highest BCUT2D eigenvalue weighted by Crippen LogP contribution is 2.55. The average Bonchev–Trinajstić information content (AvgIpc) is 3.46. The molecule has 0 saturated heterocycles. The summed E-state index contributed by atoms with van der Waals surface area (Å²) in [5, 5.41) is 0.996. The average molecular weight is 481 g/mol. The minimum absolute atomic E-state index is 0.109. The number of fused-ring (bicyclic) bond motifs is 9. The van der Waals surface area contributed by atoms with E-state index in [1.54, 1.807) is 30.3 Å². The van der Waals surface area contributed by atoms with Crippen LogP contribution in [0, 0.1) is 0 Å². The SMILES string of the molecule is CC12C=Cc3c(oc4ccc(-c5ccc6c(c5)C(=O)c5ccccc5C6=O)cc34)C1Oc1ccccc12. The topological polar surface area (TPSA) is 56.5 Å². The van der Waals surface area contributed by atoms with Crippen LogP contribution in [0.25, 0.3) is 28.2 Å². The number of rotatable bonds is 1. The highest BCUT2D eigenvalue weighted by Gasteiger charge is 2.49. The highest BCUT2D eigenvalue weighted by atomic mass is 16.5. The van der Waals surface area contributed by atoms with Crippen molar-refractivity contribution in [1.82, 2.24) is 0 Å². The van der Waals surface area contributed by atoms with Crippen molar-refractivity contribution in [2.45, 2.75) is 18.4 Å². The zero-order valence-electron chi connectivity index (χ0n) is 19.9. The van der Waals surface area contributed by atoms with Crippen LogP contribution in [0.5, 0.6) is 5.75 Å². The second-order valence-electron chi connectivity index (χ2n) is 10.2. The lowest BCUT2D eigenvalue weighted by Gasteiger charge is -2.29. The van der Waals surface area contributed by atoms with Crippen molar-refractivity contribution in [3.8, 4) is 16.9 Å². The van der Waals surface area contributed by atoms with Crippen LogP contribution in [0.2, 0.25) is 0 Å². The van der Waals surface area contributed by atoms with Crippen molar-refractivity contribution in [2.75, 3.05) is 0 Å². The van der Waals surface area contributed by atoms with Gasteiger partial charge in [-0.05, 0) is 48.4 Å². The molecule has 0 spiro atoms. The van der Waals surface area contributed by atoms with E-state index in [9.17, 15) is 9.59 Å². The van der Waals surface area contributed by atoms with Gasteiger partial charge in [-0.2, -0.15) is 0 Å². The number of carbonyl (C=O) groups excluding carboxylic acids is 2. The summed E-state index contributed by atoms with van der Waals surface area (Å²) in [5.74, 6) is 1.50. The van der Waals surface area contributed by atoms with Gasteiger partial charge in [-0.1, -0.05) is 66.7 Å². The lowest BCUT2D eigenvalue weighted by molar-refractivity contribution is 0.0979. The third-order valence-corrected chi connectivity index (χ3v) is 8.10. The molecule has 0 radical (unpaired) electrons. The minimum Gasteiger partial charge on any atom is -0.481 e. The van der Waals surface area contributed by atoms with Gasteiger partial charge in [0.2, 0.25) is 0 Å². The summed E-state index contributed by atoms with van der Waals surface area (Å²) < 4.78 is 12.8. The fraction of sp³-hybridized carbons (Fsp3) is 0.0909. The highest BCUT2D eigenvalue weighted by molar-refractivity contribution is 6.28. The minimum atomic E-state index is -0.290. The van der Waals surface area contributed by atoms with E-state index in [0.29, 0.717) is 22.3 Å². The Balaban J connectivity index is 1.24. The molecular formula is C33H20O4. The molecule has 0 saturated carbocycles. The summed E-state index contributed by atoms with van der Waals surface area (Å²) in [6, 6.07) is 26.7. The summed E-state index contributed by atoms with van der Waals surface area (Å²) in [6.07, 6.45) is 4.13. The standard InChI is InChI=1S/C33H20O4/c1-33-15-14-23-24-16-19(11-13-27(24)36-31(23)32(33)37-28-9-5-4-8-26(28)33)18-10-12-22-25(17-18)30(35)21-7-3-2-6-20(21)29(22)34/h2-17,32H,1H3. The number of ether oxygens (including phenoxy) is 1. The molecule has 8 rings (SSSR count). The van der Waals surface area contributed by atoms with Crippen molar-refractivity contribution < 1.29 is 18.7 Å². The Morgan fingerprint density at radius 2 is 1.41 bits per heavy atom. The number of para-hydroxylation sites is 1. The van der Waals surface area contributed by atoms with Crippen LogP contribution in [-0.4, -0.2) is 11.6 Å². The monoisotopic (exact) mass is 480 g/mol. The maximum absolute atomic E-state index is 13.2. The molecule has 0 N–H and O–H groups in total. The summed E-state index contributed by atoms with van der Waals surface area (Å²) in [6.45, 7) is 2.19. The van der Waals surface area contributed by atoms with Crippen LogP contribution in [-0.2, 0) is 5.41 Å². The van der Waals surface area contributed by atoms with Crippen LogP contribution in [0.1, 0.15) is 61.8 Å². The molecule has 0 fully saturated rings. The molecule has 176 valence electrons. The van der Waals surface area contributed by atoms with E-state index >= 15 is 0 Å². The normalized spacial score (nSPS) is 20.6. The molecule has 1 aromatic heterocycles. The summed E-state index contributed by atoms with van der Waals surface area (Å²) >= 11 is 0. The zero-order chi connectivity index (χ0) is 24.9. The summed E-state index contributed by atoms with van der Waals surface area (Å²) in [4.78, 5) is 26.3. The number of benzene rings is 4. The van der Waals surface area contributed by atoms with Gasteiger partial charge < -0.3 is 9.15 Å². The first-order chi connectivity index (χ1) is 18.0. The number of ketones is 2. The fourth-order valence-electron chi connectivity index (χ4n) is 6.13. The van der Waals surface area contributed by atoms with Gasteiger partial charge in [-0.25, -0.2) is 0 Å². The molecule has 2 heterocycles. The van der Waals surface area contributed by atoms with E-state index in [-0.39, 0.29) is 23.1 Å². The Morgan fingerprint density at radius 1 is 0.730 bits per heavy atom. The zero-order valence-corrected chi connectivity index (χ0v) is 19.9. The van der Waals surface area contributed by atoms with E-state index in [4.69, 9.17) is 9.15 Å². The molecule has 37 heavy (non-hydrogen) atoms. The first-order valence-electron chi connectivity index (χ1n) is 12.4.